The van der Waals surface area contributed by atoms with Gasteiger partial charge in [0.15, 0.2) is 0 Å². The predicted molar refractivity (Wildman–Crippen MR) is 91.7 cm³/mol. The van der Waals surface area contributed by atoms with E-state index in [1.54, 1.807) is 26.4 Å². The minimum absolute atomic E-state index is 0.0345. The van der Waals surface area contributed by atoms with E-state index >= 15 is 0 Å². The summed E-state index contributed by atoms with van der Waals surface area (Å²) in [5, 5.41) is 2.95. The normalized spacial score (nSPS) is 24.1. The number of benzene rings is 1. The predicted octanol–water partition coefficient (Wildman–Crippen LogP) is 2.29. The molecule has 0 spiro atoms. The SMILES string of the molecule is COc1ccc(OC)c(NC(=O)CN2CCO[C@H]3CCCC[C@@H]32)c1. The summed E-state index contributed by atoms with van der Waals surface area (Å²) in [6.07, 6.45) is 4.94. The lowest BCUT2D eigenvalue weighted by atomic mass is 9.90. The van der Waals surface area contributed by atoms with Crippen LogP contribution < -0.4 is 14.8 Å². The van der Waals surface area contributed by atoms with Crippen LogP contribution in [0.1, 0.15) is 25.7 Å². The Morgan fingerprint density at radius 1 is 1.29 bits per heavy atom. The second-order valence-electron chi connectivity index (χ2n) is 6.35. The number of hydrogen-bond acceptors (Lipinski definition) is 5. The Hall–Kier alpha value is -1.79. The summed E-state index contributed by atoms with van der Waals surface area (Å²) in [4.78, 5) is 14.8. The van der Waals surface area contributed by atoms with Crippen LogP contribution in [-0.4, -0.2) is 56.9 Å². The Balaban J connectivity index is 1.65. The first-order chi connectivity index (χ1) is 11.7. The third kappa shape index (κ3) is 3.82. The van der Waals surface area contributed by atoms with Gasteiger partial charge in [-0.25, -0.2) is 0 Å². The zero-order chi connectivity index (χ0) is 16.9. The van der Waals surface area contributed by atoms with Crippen LogP contribution in [0, 0.1) is 0 Å². The van der Waals surface area contributed by atoms with Crippen molar-refractivity contribution >= 4 is 11.6 Å². The van der Waals surface area contributed by atoms with Crippen LogP contribution >= 0.6 is 0 Å². The van der Waals surface area contributed by atoms with E-state index in [0.29, 0.717) is 36.4 Å². The largest absolute Gasteiger partial charge is 0.497 e. The van der Waals surface area contributed by atoms with Crippen LogP contribution in [0.5, 0.6) is 11.5 Å². The molecule has 1 aliphatic heterocycles. The highest BCUT2D eigenvalue weighted by Crippen LogP contribution is 2.30. The molecule has 132 valence electrons. The lowest BCUT2D eigenvalue weighted by molar-refractivity contribution is -0.124. The second-order valence-corrected chi connectivity index (χ2v) is 6.35. The van der Waals surface area contributed by atoms with E-state index in [9.17, 15) is 4.79 Å². The Morgan fingerprint density at radius 2 is 2.12 bits per heavy atom. The van der Waals surface area contributed by atoms with Crippen LogP contribution in [0.25, 0.3) is 0 Å². The van der Waals surface area contributed by atoms with Gasteiger partial charge in [-0.05, 0) is 25.0 Å². The van der Waals surface area contributed by atoms with Crippen molar-refractivity contribution in [3.63, 3.8) is 0 Å². The summed E-state index contributed by atoms with van der Waals surface area (Å²) in [6.45, 7) is 1.89. The molecule has 2 aliphatic rings. The van der Waals surface area contributed by atoms with Crippen LogP contribution in [0.15, 0.2) is 18.2 Å². The van der Waals surface area contributed by atoms with Crippen molar-refractivity contribution in [3.8, 4) is 11.5 Å². The summed E-state index contributed by atoms with van der Waals surface area (Å²) < 4.78 is 16.4. The number of nitrogens with one attached hydrogen (secondary N) is 1. The van der Waals surface area contributed by atoms with Crippen LogP contribution in [0.3, 0.4) is 0 Å². The lowest BCUT2D eigenvalue weighted by Crippen LogP contribution is -2.54. The maximum atomic E-state index is 12.5. The standard InChI is InChI=1S/C18H26N2O4/c1-22-13-7-8-16(23-2)14(11-13)19-18(21)12-20-9-10-24-17-6-4-3-5-15(17)20/h7-8,11,15,17H,3-6,9-10,12H2,1-2H3,(H,19,21)/t15-,17-/m0/s1. The van der Waals surface area contributed by atoms with Crippen LogP contribution in [0.2, 0.25) is 0 Å². The Labute approximate surface area is 143 Å². The molecule has 0 aromatic heterocycles. The van der Waals surface area contributed by atoms with Crippen molar-refractivity contribution < 1.29 is 19.0 Å². The number of morpholine rings is 1. The van der Waals surface area contributed by atoms with E-state index in [-0.39, 0.29) is 12.0 Å². The van der Waals surface area contributed by atoms with E-state index in [4.69, 9.17) is 14.2 Å². The lowest BCUT2D eigenvalue weighted by Gasteiger charge is -2.43. The molecular formula is C18H26N2O4. The molecule has 24 heavy (non-hydrogen) atoms. The Kier molecular flexibility index (Phi) is 5.58. The monoisotopic (exact) mass is 334 g/mol. The molecule has 2 atom stereocenters. The van der Waals surface area contributed by atoms with Gasteiger partial charge in [0.25, 0.3) is 0 Å². The number of rotatable bonds is 5. The average Bonchev–Trinajstić information content (AvgIpc) is 2.62. The van der Waals surface area contributed by atoms with Gasteiger partial charge in [0.2, 0.25) is 5.91 Å². The van der Waals surface area contributed by atoms with E-state index in [2.05, 4.69) is 10.2 Å². The van der Waals surface area contributed by atoms with Gasteiger partial charge in [-0.3, -0.25) is 9.69 Å². The van der Waals surface area contributed by atoms with E-state index in [1.807, 2.05) is 6.07 Å². The number of carbonyl (C=O) groups is 1. The number of carbonyl (C=O) groups excluding carboxylic acids is 1. The molecule has 0 unspecified atom stereocenters. The first kappa shape index (κ1) is 17.0. The third-order valence-electron chi connectivity index (χ3n) is 4.87. The molecule has 6 heteroatoms. The quantitative estimate of drug-likeness (QED) is 0.895. The molecule has 1 amide bonds. The molecular weight excluding hydrogens is 308 g/mol. The van der Waals surface area contributed by atoms with Gasteiger partial charge >= 0.3 is 0 Å². The topological polar surface area (TPSA) is 60.0 Å². The highest BCUT2D eigenvalue weighted by atomic mass is 16.5. The summed E-state index contributed by atoms with van der Waals surface area (Å²) >= 11 is 0. The number of amides is 1. The number of nitrogens with zero attached hydrogens (tertiary/aromatic N) is 1. The number of fused-ring (bicyclic) bond motifs is 1. The summed E-state index contributed by atoms with van der Waals surface area (Å²) in [5.74, 6) is 1.28. The highest BCUT2D eigenvalue weighted by Gasteiger charge is 2.34. The van der Waals surface area contributed by atoms with Gasteiger partial charge in [-0.15, -0.1) is 0 Å². The van der Waals surface area contributed by atoms with Crippen LogP contribution in [0.4, 0.5) is 5.69 Å². The van der Waals surface area contributed by atoms with Crippen molar-refractivity contribution in [3.05, 3.63) is 18.2 Å². The zero-order valence-electron chi connectivity index (χ0n) is 14.4. The van der Waals surface area contributed by atoms with Gasteiger partial charge in [0, 0.05) is 18.7 Å². The molecule has 1 N–H and O–H groups in total. The minimum Gasteiger partial charge on any atom is -0.497 e. The van der Waals surface area contributed by atoms with Gasteiger partial charge in [0.1, 0.15) is 11.5 Å². The molecule has 1 saturated heterocycles. The zero-order valence-corrected chi connectivity index (χ0v) is 14.4. The van der Waals surface area contributed by atoms with Crippen molar-refractivity contribution in [2.75, 3.05) is 39.2 Å². The maximum Gasteiger partial charge on any atom is 0.238 e. The molecule has 1 aromatic carbocycles. The fourth-order valence-corrected chi connectivity index (χ4v) is 3.66. The summed E-state index contributed by atoms with van der Waals surface area (Å²) in [5.41, 5.74) is 0.635. The van der Waals surface area contributed by atoms with E-state index < -0.39 is 0 Å². The molecule has 3 rings (SSSR count). The number of methoxy groups -OCH3 is 2. The minimum atomic E-state index is -0.0345. The average molecular weight is 334 g/mol. The van der Waals surface area contributed by atoms with Gasteiger partial charge in [-0.1, -0.05) is 12.8 Å². The van der Waals surface area contributed by atoms with E-state index in [1.165, 1.54) is 12.8 Å². The van der Waals surface area contributed by atoms with Crippen molar-refractivity contribution in [1.29, 1.82) is 0 Å². The first-order valence-electron chi connectivity index (χ1n) is 8.59. The fourth-order valence-electron chi connectivity index (χ4n) is 3.66. The van der Waals surface area contributed by atoms with Gasteiger partial charge in [0.05, 0.1) is 39.2 Å². The molecule has 2 fully saturated rings. The Bertz CT molecular complexity index is 576. The smallest absolute Gasteiger partial charge is 0.238 e. The Morgan fingerprint density at radius 3 is 2.92 bits per heavy atom. The van der Waals surface area contributed by atoms with Crippen LogP contribution in [-0.2, 0) is 9.53 Å². The first-order valence-corrected chi connectivity index (χ1v) is 8.59. The molecule has 1 heterocycles. The molecule has 6 nitrogen and oxygen atoms in total. The maximum absolute atomic E-state index is 12.5. The molecule has 1 aliphatic carbocycles. The van der Waals surface area contributed by atoms with E-state index in [0.717, 1.165) is 19.4 Å². The number of ether oxygens (including phenoxy) is 3. The highest BCUT2D eigenvalue weighted by molar-refractivity contribution is 5.94. The third-order valence-corrected chi connectivity index (χ3v) is 4.87. The summed E-state index contributed by atoms with van der Waals surface area (Å²) in [6, 6.07) is 5.74. The second kappa shape index (κ2) is 7.85. The summed E-state index contributed by atoms with van der Waals surface area (Å²) in [7, 11) is 3.19. The fraction of sp³-hybridized carbons (Fsp3) is 0.611. The molecule has 1 saturated carbocycles. The molecule has 0 radical (unpaired) electrons. The number of hydrogen-bond donors (Lipinski definition) is 1. The van der Waals surface area contributed by atoms with Crippen molar-refractivity contribution in [1.82, 2.24) is 4.90 Å². The van der Waals surface area contributed by atoms with Gasteiger partial charge in [-0.2, -0.15) is 0 Å². The molecule has 0 bridgehead atoms. The van der Waals surface area contributed by atoms with Gasteiger partial charge < -0.3 is 19.5 Å². The van der Waals surface area contributed by atoms with Crippen molar-refractivity contribution in [2.45, 2.75) is 37.8 Å². The number of anilines is 1. The molecule has 1 aromatic rings. The van der Waals surface area contributed by atoms with Crippen molar-refractivity contribution in [2.24, 2.45) is 0 Å².